The van der Waals surface area contributed by atoms with Gasteiger partial charge in [0.15, 0.2) is 5.82 Å². The molecule has 1 amide bonds. The normalized spacial score (nSPS) is 15.3. The molecule has 0 spiro atoms. The van der Waals surface area contributed by atoms with E-state index in [0.717, 1.165) is 43.4 Å². The Bertz CT molecular complexity index is 750. The van der Waals surface area contributed by atoms with E-state index in [1.54, 1.807) is 0 Å². The average Bonchev–Trinajstić information content (AvgIpc) is 3.12. The van der Waals surface area contributed by atoms with Crippen molar-refractivity contribution in [3.8, 4) is 0 Å². The molecule has 0 unspecified atom stereocenters. The van der Waals surface area contributed by atoms with Gasteiger partial charge >= 0.3 is 0 Å². The lowest BCUT2D eigenvalue weighted by atomic mass is 10.2. The van der Waals surface area contributed by atoms with Gasteiger partial charge < -0.3 is 19.6 Å². The molecule has 27 heavy (non-hydrogen) atoms. The van der Waals surface area contributed by atoms with Crippen molar-refractivity contribution >= 4 is 17.3 Å². The molecule has 7 nitrogen and oxygen atoms in total. The molecule has 146 valence electrons. The Morgan fingerprint density at radius 3 is 2.67 bits per heavy atom. The van der Waals surface area contributed by atoms with Crippen molar-refractivity contribution in [2.75, 3.05) is 43.4 Å². The number of aryl methyl sites for hydroxylation is 1. The van der Waals surface area contributed by atoms with Crippen LogP contribution in [-0.4, -0.2) is 54.2 Å². The Balaban J connectivity index is 1.52. The number of hydrogen-bond acceptors (Lipinski definition) is 6. The van der Waals surface area contributed by atoms with Gasteiger partial charge in [-0.3, -0.25) is 4.79 Å². The van der Waals surface area contributed by atoms with E-state index in [0.29, 0.717) is 25.2 Å². The minimum absolute atomic E-state index is 0.0141. The van der Waals surface area contributed by atoms with Crippen molar-refractivity contribution in [1.29, 1.82) is 0 Å². The number of rotatable bonds is 7. The number of carbonyl (C=O) groups excluding carboxylic acids is 1. The minimum Gasteiger partial charge on any atom is -0.367 e. The lowest BCUT2D eigenvalue weighted by Gasteiger charge is -2.35. The SMILES string of the molecule is CC(C)c1noc(CCCC(=O)Nc2ccccc2N2CCN(C)CC2)n1. The van der Waals surface area contributed by atoms with Crippen LogP contribution >= 0.6 is 0 Å². The summed E-state index contributed by atoms with van der Waals surface area (Å²) in [5.74, 6) is 1.58. The lowest BCUT2D eigenvalue weighted by molar-refractivity contribution is -0.116. The largest absolute Gasteiger partial charge is 0.367 e. The first-order chi connectivity index (χ1) is 13.0. The quantitative estimate of drug-likeness (QED) is 0.807. The van der Waals surface area contributed by atoms with Crippen molar-refractivity contribution in [1.82, 2.24) is 15.0 Å². The molecule has 1 aliphatic rings. The molecule has 1 fully saturated rings. The Morgan fingerprint density at radius 1 is 1.22 bits per heavy atom. The van der Waals surface area contributed by atoms with Gasteiger partial charge in [0, 0.05) is 44.9 Å². The maximum Gasteiger partial charge on any atom is 0.226 e. The topological polar surface area (TPSA) is 74.5 Å². The van der Waals surface area contributed by atoms with E-state index in [4.69, 9.17) is 4.52 Å². The number of amides is 1. The third-order valence-corrected chi connectivity index (χ3v) is 4.82. The molecule has 1 aliphatic heterocycles. The number of nitrogens with one attached hydrogen (secondary N) is 1. The summed E-state index contributed by atoms with van der Waals surface area (Å²) in [6.07, 6.45) is 1.73. The lowest BCUT2D eigenvalue weighted by Crippen LogP contribution is -2.44. The monoisotopic (exact) mass is 371 g/mol. The maximum atomic E-state index is 12.4. The van der Waals surface area contributed by atoms with E-state index in [9.17, 15) is 4.79 Å². The fourth-order valence-corrected chi connectivity index (χ4v) is 3.12. The standard InChI is InChI=1S/C20H29N5O2/c1-15(2)20-22-19(27-23-20)10-6-9-18(26)21-16-7-4-5-8-17(16)25-13-11-24(3)12-14-25/h4-5,7-8,15H,6,9-14H2,1-3H3,(H,21,26). The van der Waals surface area contributed by atoms with Crippen LogP contribution in [-0.2, 0) is 11.2 Å². The molecule has 1 aromatic heterocycles. The fraction of sp³-hybridized carbons (Fsp3) is 0.550. The predicted molar refractivity (Wildman–Crippen MR) is 106 cm³/mol. The molecule has 0 saturated carbocycles. The number of likely N-dealkylation sites (N-methyl/N-ethyl adjacent to an activating group) is 1. The van der Waals surface area contributed by atoms with Gasteiger partial charge in [-0.1, -0.05) is 31.1 Å². The number of hydrogen-bond donors (Lipinski definition) is 1. The van der Waals surface area contributed by atoms with Crippen LogP contribution in [0.5, 0.6) is 0 Å². The molecular formula is C20H29N5O2. The first kappa shape index (κ1) is 19.4. The molecule has 1 N–H and O–H groups in total. The van der Waals surface area contributed by atoms with E-state index in [1.807, 2.05) is 32.0 Å². The van der Waals surface area contributed by atoms with Crippen LogP contribution in [0.2, 0.25) is 0 Å². The highest BCUT2D eigenvalue weighted by Gasteiger charge is 2.18. The van der Waals surface area contributed by atoms with Crippen molar-refractivity contribution in [2.24, 2.45) is 0 Å². The molecule has 7 heteroatoms. The smallest absolute Gasteiger partial charge is 0.226 e. The summed E-state index contributed by atoms with van der Waals surface area (Å²) < 4.78 is 5.23. The fourth-order valence-electron chi connectivity index (χ4n) is 3.12. The van der Waals surface area contributed by atoms with Gasteiger partial charge in [-0.05, 0) is 25.6 Å². The van der Waals surface area contributed by atoms with Crippen molar-refractivity contribution in [2.45, 2.75) is 39.0 Å². The second-order valence-electron chi connectivity index (χ2n) is 7.41. The van der Waals surface area contributed by atoms with Gasteiger partial charge in [0.05, 0.1) is 11.4 Å². The zero-order valence-electron chi connectivity index (χ0n) is 16.4. The first-order valence-electron chi connectivity index (χ1n) is 9.68. The van der Waals surface area contributed by atoms with Crippen LogP contribution in [0, 0.1) is 0 Å². The van der Waals surface area contributed by atoms with E-state index in [1.165, 1.54) is 0 Å². The van der Waals surface area contributed by atoms with Crippen LogP contribution in [0.15, 0.2) is 28.8 Å². The Labute approximate surface area is 160 Å². The Morgan fingerprint density at radius 2 is 1.96 bits per heavy atom. The van der Waals surface area contributed by atoms with Gasteiger partial charge in [0.25, 0.3) is 0 Å². The molecule has 2 heterocycles. The van der Waals surface area contributed by atoms with Crippen LogP contribution in [0.25, 0.3) is 0 Å². The van der Waals surface area contributed by atoms with Crippen LogP contribution in [0.3, 0.4) is 0 Å². The highest BCUT2D eigenvalue weighted by atomic mass is 16.5. The number of benzene rings is 1. The molecule has 1 aromatic carbocycles. The van der Waals surface area contributed by atoms with E-state index in [2.05, 4.69) is 38.4 Å². The number of carbonyl (C=O) groups is 1. The summed E-state index contributed by atoms with van der Waals surface area (Å²) in [5, 5.41) is 7.02. The number of piperazine rings is 1. The van der Waals surface area contributed by atoms with Crippen molar-refractivity contribution in [3.63, 3.8) is 0 Å². The summed E-state index contributed by atoms with van der Waals surface area (Å²) in [6, 6.07) is 8.03. The maximum absolute atomic E-state index is 12.4. The first-order valence-corrected chi connectivity index (χ1v) is 9.68. The third kappa shape index (κ3) is 5.29. The minimum atomic E-state index is 0.0141. The molecule has 0 aliphatic carbocycles. The number of aromatic nitrogens is 2. The molecule has 3 rings (SSSR count). The summed E-state index contributed by atoms with van der Waals surface area (Å²) in [6.45, 7) is 8.06. The van der Waals surface area contributed by atoms with E-state index < -0.39 is 0 Å². The van der Waals surface area contributed by atoms with Gasteiger partial charge in [0.1, 0.15) is 0 Å². The van der Waals surface area contributed by atoms with Gasteiger partial charge in [0.2, 0.25) is 11.8 Å². The third-order valence-electron chi connectivity index (χ3n) is 4.82. The zero-order chi connectivity index (χ0) is 19.2. The van der Waals surface area contributed by atoms with E-state index in [-0.39, 0.29) is 11.8 Å². The Hall–Kier alpha value is -2.41. The predicted octanol–water partition coefficient (Wildman–Crippen LogP) is 2.91. The molecule has 2 aromatic rings. The number of para-hydroxylation sites is 2. The number of anilines is 2. The van der Waals surface area contributed by atoms with Gasteiger partial charge in [-0.15, -0.1) is 0 Å². The average molecular weight is 371 g/mol. The second-order valence-corrected chi connectivity index (χ2v) is 7.41. The molecule has 1 saturated heterocycles. The van der Waals surface area contributed by atoms with E-state index >= 15 is 0 Å². The summed E-state index contributed by atoms with van der Waals surface area (Å²) in [4.78, 5) is 21.4. The van der Waals surface area contributed by atoms with Crippen LogP contribution < -0.4 is 10.2 Å². The molecule has 0 atom stereocenters. The summed E-state index contributed by atoms with van der Waals surface area (Å²) in [5.41, 5.74) is 1.98. The highest BCUT2D eigenvalue weighted by molar-refractivity contribution is 5.94. The van der Waals surface area contributed by atoms with Crippen LogP contribution in [0.4, 0.5) is 11.4 Å². The summed E-state index contributed by atoms with van der Waals surface area (Å²) in [7, 11) is 2.14. The zero-order valence-corrected chi connectivity index (χ0v) is 16.4. The van der Waals surface area contributed by atoms with Gasteiger partial charge in [-0.25, -0.2) is 0 Å². The highest BCUT2D eigenvalue weighted by Crippen LogP contribution is 2.26. The van der Waals surface area contributed by atoms with Crippen LogP contribution in [0.1, 0.15) is 44.3 Å². The molecule has 0 radical (unpaired) electrons. The molecular weight excluding hydrogens is 342 g/mol. The van der Waals surface area contributed by atoms with Crippen molar-refractivity contribution in [3.05, 3.63) is 36.0 Å². The Kier molecular flexibility index (Phi) is 6.45. The van der Waals surface area contributed by atoms with Crippen molar-refractivity contribution < 1.29 is 9.32 Å². The van der Waals surface area contributed by atoms with Gasteiger partial charge in [-0.2, -0.15) is 4.98 Å². The number of nitrogens with zero attached hydrogens (tertiary/aromatic N) is 4. The molecule has 0 bridgehead atoms. The summed E-state index contributed by atoms with van der Waals surface area (Å²) >= 11 is 0. The second kappa shape index (κ2) is 8.99.